The van der Waals surface area contributed by atoms with Crippen molar-refractivity contribution in [2.24, 2.45) is 0 Å². The molecule has 0 N–H and O–H groups in total. The molecule has 0 spiro atoms. The van der Waals surface area contributed by atoms with E-state index in [4.69, 9.17) is 0 Å². The van der Waals surface area contributed by atoms with Crippen LogP contribution in [-0.4, -0.2) is 28.7 Å². The lowest BCUT2D eigenvalue weighted by Crippen LogP contribution is -2.27. The molecule has 0 aliphatic rings. The highest BCUT2D eigenvalue weighted by Gasteiger charge is 2.10. The Morgan fingerprint density at radius 1 is 1.20 bits per heavy atom. The van der Waals surface area contributed by atoms with Crippen molar-refractivity contribution in [1.29, 1.82) is 0 Å². The van der Waals surface area contributed by atoms with Crippen LogP contribution in [0.5, 0.6) is 0 Å². The molecule has 20 heavy (non-hydrogen) atoms. The fourth-order valence-electron chi connectivity index (χ4n) is 2.09. The minimum absolute atomic E-state index is 0.0689. The van der Waals surface area contributed by atoms with Crippen LogP contribution in [0.2, 0.25) is 0 Å². The second-order valence-electron chi connectivity index (χ2n) is 4.73. The Morgan fingerprint density at radius 2 is 1.95 bits per heavy atom. The van der Waals surface area contributed by atoms with Gasteiger partial charge in [0.15, 0.2) is 6.29 Å². The average molecular weight is 270 g/mol. The predicted molar refractivity (Wildman–Crippen MR) is 77.4 cm³/mol. The number of aldehydes is 1. The second kappa shape index (κ2) is 6.70. The van der Waals surface area contributed by atoms with Crippen LogP contribution in [0.3, 0.4) is 0 Å². The highest BCUT2D eigenvalue weighted by molar-refractivity contribution is 5.76. The van der Waals surface area contributed by atoms with Crippen molar-refractivity contribution < 1.29 is 9.59 Å². The fourth-order valence-corrected chi connectivity index (χ4v) is 2.09. The van der Waals surface area contributed by atoms with Crippen LogP contribution < -0.4 is 0 Å². The van der Waals surface area contributed by atoms with Crippen LogP contribution >= 0.6 is 0 Å². The molecule has 0 atom stereocenters. The van der Waals surface area contributed by atoms with Gasteiger partial charge in [-0.05, 0) is 17.7 Å². The minimum Gasteiger partial charge on any atom is -0.345 e. The first-order valence-corrected chi connectivity index (χ1v) is 6.59. The number of aryl methyl sites for hydroxylation is 1. The zero-order valence-corrected chi connectivity index (χ0v) is 11.5. The predicted octanol–water partition coefficient (Wildman–Crippen LogP) is 2.35. The quantitative estimate of drug-likeness (QED) is 0.756. The summed E-state index contributed by atoms with van der Waals surface area (Å²) in [6.45, 7) is 1.13. The van der Waals surface area contributed by atoms with Crippen molar-refractivity contribution in [2.75, 3.05) is 7.05 Å². The van der Waals surface area contributed by atoms with E-state index in [0.717, 1.165) is 11.8 Å². The molecule has 1 aromatic carbocycles. The monoisotopic (exact) mass is 270 g/mol. The summed E-state index contributed by atoms with van der Waals surface area (Å²) in [6.07, 6.45) is 3.01. The number of aromatic nitrogens is 1. The largest absolute Gasteiger partial charge is 0.345 e. The van der Waals surface area contributed by atoms with Gasteiger partial charge in [0.25, 0.3) is 0 Å². The molecule has 0 aliphatic carbocycles. The summed E-state index contributed by atoms with van der Waals surface area (Å²) < 4.78 is 1.79. The molecule has 1 aromatic heterocycles. The van der Waals surface area contributed by atoms with Gasteiger partial charge in [0.05, 0.1) is 5.69 Å². The van der Waals surface area contributed by atoms with E-state index in [1.165, 1.54) is 0 Å². The Balaban J connectivity index is 1.87. The number of benzene rings is 1. The van der Waals surface area contributed by atoms with Gasteiger partial charge in [0, 0.05) is 32.8 Å². The second-order valence-corrected chi connectivity index (χ2v) is 4.73. The summed E-state index contributed by atoms with van der Waals surface area (Å²) in [5, 5.41) is 0. The fraction of sp³-hybridized carbons (Fsp3) is 0.250. The lowest BCUT2D eigenvalue weighted by atomic mass is 10.2. The Hall–Kier alpha value is -2.36. The molecule has 4 heteroatoms. The van der Waals surface area contributed by atoms with E-state index in [9.17, 15) is 9.59 Å². The normalized spacial score (nSPS) is 10.2. The molecular formula is C16H18N2O2. The maximum atomic E-state index is 12.1. The van der Waals surface area contributed by atoms with Gasteiger partial charge < -0.3 is 9.47 Å². The lowest BCUT2D eigenvalue weighted by Gasteiger charge is -2.17. The topological polar surface area (TPSA) is 42.3 Å². The zero-order chi connectivity index (χ0) is 14.4. The molecule has 1 heterocycles. The first-order valence-electron chi connectivity index (χ1n) is 6.59. The summed E-state index contributed by atoms with van der Waals surface area (Å²) in [7, 11) is 1.80. The third kappa shape index (κ3) is 3.57. The summed E-state index contributed by atoms with van der Waals surface area (Å²) in [4.78, 5) is 24.6. The Kier molecular flexibility index (Phi) is 4.71. The van der Waals surface area contributed by atoms with Crippen LogP contribution in [0.15, 0.2) is 48.7 Å². The molecular weight excluding hydrogens is 252 g/mol. The molecule has 0 saturated heterocycles. The molecule has 1 amide bonds. The van der Waals surface area contributed by atoms with E-state index < -0.39 is 0 Å². The molecule has 0 radical (unpaired) electrons. The first kappa shape index (κ1) is 14.1. The molecule has 0 aliphatic heterocycles. The van der Waals surface area contributed by atoms with E-state index in [1.807, 2.05) is 42.6 Å². The van der Waals surface area contributed by atoms with E-state index in [0.29, 0.717) is 25.2 Å². The van der Waals surface area contributed by atoms with E-state index >= 15 is 0 Å². The van der Waals surface area contributed by atoms with E-state index in [1.54, 1.807) is 22.6 Å². The molecule has 0 unspecified atom stereocenters. The number of rotatable bonds is 6. The highest BCUT2D eigenvalue weighted by atomic mass is 16.2. The number of carbonyl (C=O) groups is 2. The maximum Gasteiger partial charge on any atom is 0.224 e. The van der Waals surface area contributed by atoms with Gasteiger partial charge in [-0.25, -0.2) is 0 Å². The molecule has 4 nitrogen and oxygen atoms in total. The summed E-state index contributed by atoms with van der Waals surface area (Å²) >= 11 is 0. The molecule has 0 bridgehead atoms. The number of hydrogen-bond acceptors (Lipinski definition) is 2. The van der Waals surface area contributed by atoms with E-state index in [-0.39, 0.29) is 5.91 Å². The number of carbonyl (C=O) groups excluding carboxylic acids is 2. The van der Waals surface area contributed by atoms with Crippen molar-refractivity contribution >= 4 is 12.2 Å². The van der Waals surface area contributed by atoms with Crippen molar-refractivity contribution in [3.8, 4) is 0 Å². The molecule has 2 rings (SSSR count). The Morgan fingerprint density at radius 3 is 2.65 bits per heavy atom. The van der Waals surface area contributed by atoms with Crippen LogP contribution in [0, 0.1) is 0 Å². The van der Waals surface area contributed by atoms with Crippen LogP contribution in [0.1, 0.15) is 22.5 Å². The maximum absolute atomic E-state index is 12.1. The SMILES string of the molecule is CN(Cc1ccccc1)C(=O)CCn1cccc1C=O. The van der Waals surface area contributed by atoms with Gasteiger partial charge in [-0.1, -0.05) is 30.3 Å². The van der Waals surface area contributed by atoms with Crippen molar-refractivity contribution in [3.63, 3.8) is 0 Å². The average Bonchev–Trinajstić information content (AvgIpc) is 2.93. The lowest BCUT2D eigenvalue weighted by molar-refractivity contribution is -0.130. The Bertz CT molecular complexity index is 575. The van der Waals surface area contributed by atoms with E-state index in [2.05, 4.69) is 0 Å². The van der Waals surface area contributed by atoms with Gasteiger partial charge in [-0.2, -0.15) is 0 Å². The summed E-state index contributed by atoms with van der Waals surface area (Å²) in [5.74, 6) is 0.0689. The third-order valence-electron chi connectivity index (χ3n) is 3.24. The number of nitrogens with zero attached hydrogens (tertiary/aromatic N) is 2. The van der Waals surface area contributed by atoms with Crippen molar-refractivity contribution in [2.45, 2.75) is 19.5 Å². The minimum atomic E-state index is 0.0689. The highest BCUT2D eigenvalue weighted by Crippen LogP contribution is 2.06. The zero-order valence-electron chi connectivity index (χ0n) is 11.5. The van der Waals surface area contributed by atoms with Crippen LogP contribution in [0.4, 0.5) is 0 Å². The molecule has 2 aromatic rings. The Labute approximate surface area is 118 Å². The van der Waals surface area contributed by atoms with Gasteiger partial charge in [-0.3, -0.25) is 9.59 Å². The van der Waals surface area contributed by atoms with Crippen molar-refractivity contribution in [3.05, 3.63) is 59.9 Å². The standard InChI is InChI=1S/C16H18N2O2/c1-17(12-14-6-3-2-4-7-14)16(20)9-11-18-10-5-8-15(18)13-19/h2-8,10,13H,9,11-12H2,1H3. The third-order valence-corrected chi connectivity index (χ3v) is 3.24. The first-order chi connectivity index (χ1) is 9.70. The van der Waals surface area contributed by atoms with Gasteiger partial charge in [0.1, 0.15) is 0 Å². The molecule has 0 fully saturated rings. The molecule has 104 valence electrons. The summed E-state index contributed by atoms with van der Waals surface area (Å²) in [6, 6.07) is 13.4. The van der Waals surface area contributed by atoms with Crippen LogP contribution in [0.25, 0.3) is 0 Å². The van der Waals surface area contributed by atoms with Gasteiger partial charge in [0.2, 0.25) is 5.91 Å². The van der Waals surface area contributed by atoms with Gasteiger partial charge in [-0.15, -0.1) is 0 Å². The van der Waals surface area contributed by atoms with Crippen molar-refractivity contribution in [1.82, 2.24) is 9.47 Å². The molecule has 0 saturated carbocycles. The van der Waals surface area contributed by atoms with Gasteiger partial charge >= 0.3 is 0 Å². The summed E-state index contributed by atoms with van der Waals surface area (Å²) in [5.41, 5.74) is 1.71. The number of hydrogen-bond donors (Lipinski definition) is 0. The van der Waals surface area contributed by atoms with Crippen LogP contribution in [-0.2, 0) is 17.9 Å². The smallest absolute Gasteiger partial charge is 0.224 e. The number of amides is 1.